The van der Waals surface area contributed by atoms with E-state index in [1.807, 2.05) is 36.4 Å². The van der Waals surface area contributed by atoms with Crippen LogP contribution in [-0.4, -0.2) is 72.6 Å². The lowest BCUT2D eigenvalue weighted by Crippen LogP contribution is -2.48. The third-order valence-electron chi connectivity index (χ3n) is 5.97. The Balaban J connectivity index is 1.48. The number of urea groups is 1. The van der Waals surface area contributed by atoms with Crippen molar-refractivity contribution in [3.8, 4) is 0 Å². The van der Waals surface area contributed by atoms with Crippen molar-refractivity contribution in [2.45, 2.75) is 13.1 Å². The summed E-state index contributed by atoms with van der Waals surface area (Å²) in [5, 5.41) is 3.40. The van der Waals surface area contributed by atoms with E-state index in [1.165, 1.54) is 0 Å². The van der Waals surface area contributed by atoms with Gasteiger partial charge in [0.1, 0.15) is 12.3 Å². The summed E-state index contributed by atoms with van der Waals surface area (Å²) in [7, 11) is 0. The van der Waals surface area contributed by atoms with Gasteiger partial charge in [0.25, 0.3) is 0 Å². The van der Waals surface area contributed by atoms with Gasteiger partial charge in [0.15, 0.2) is 0 Å². The van der Waals surface area contributed by atoms with Crippen LogP contribution in [0.3, 0.4) is 0 Å². The highest BCUT2D eigenvalue weighted by atomic mass is 35.5. The molecule has 1 N–H and O–H groups in total. The quantitative estimate of drug-likeness (QED) is 0.439. The molecule has 0 spiro atoms. The summed E-state index contributed by atoms with van der Waals surface area (Å²) in [5.74, 6) is 0.515. The van der Waals surface area contributed by atoms with Crippen LogP contribution in [0.25, 0.3) is 0 Å². The Kier molecular flexibility index (Phi) is 9.38. The van der Waals surface area contributed by atoms with Crippen LogP contribution in [-0.2, 0) is 22.6 Å². The molecule has 3 amide bonds. The van der Waals surface area contributed by atoms with Crippen molar-refractivity contribution in [2.75, 3.05) is 51.3 Å². The first-order chi connectivity index (χ1) is 17.6. The molecule has 2 heterocycles. The molecule has 0 unspecified atom stereocenters. The number of nitrogens with one attached hydrogen (secondary N) is 1. The van der Waals surface area contributed by atoms with E-state index in [0.29, 0.717) is 55.9 Å². The van der Waals surface area contributed by atoms with Gasteiger partial charge in [-0.05, 0) is 35.9 Å². The van der Waals surface area contributed by atoms with Gasteiger partial charge >= 0.3 is 6.03 Å². The maximum Gasteiger partial charge on any atom is 0.322 e. The molecule has 9 heteroatoms. The molecule has 4 rings (SSSR count). The SMILES string of the molecule is O=C(CN(CCN1CCOCC1)C(=O)Nc1cccc(Cl)c1)N(Cc1ccccc1)Cc1ccco1. The third-order valence-corrected chi connectivity index (χ3v) is 6.21. The van der Waals surface area contributed by atoms with Crippen LogP contribution >= 0.6 is 11.6 Å². The second kappa shape index (κ2) is 13.1. The molecule has 190 valence electrons. The summed E-state index contributed by atoms with van der Waals surface area (Å²) in [6, 6.07) is 20.0. The minimum Gasteiger partial charge on any atom is -0.467 e. The first-order valence-corrected chi connectivity index (χ1v) is 12.4. The van der Waals surface area contributed by atoms with E-state index in [4.69, 9.17) is 20.8 Å². The van der Waals surface area contributed by atoms with E-state index in [9.17, 15) is 9.59 Å². The Bertz CT molecular complexity index is 1100. The van der Waals surface area contributed by atoms with Crippen molar-refractivity contribution < 1.29 is 18.7 Å². The summed E-state index contributed by atoms with van der Waals surface area (Å²) in [6.07, 6.45) is 1.59. The number of morpholine rings is 1. The van der Waals surface area contributed by atoms with Gasteiger partial charge in [0.05, 0.1) is 26.0 Å². The summed E-state index contributed by atoms with van der Waals surface area (Å²) >= 11 is 6.09. The van der Waals surface area contributed by atoms with Crippen LogP contribution in [0.2, 0.25) is 5.02 Å². The van der Waals surface area contributed by atoms with Gasteiger partial charge in [-0.25, -0.2) is 4.79 Å². The van der Waals surface area contributed by atoms with Crippen LogP contribution in [0, 0.1) is 0 Å². The molecule has 0 radical (unpaired) electrons. The molecule has 2 aromatic carbocycles. The molecule has 1 aliphatic heterocycles. The summed E-state index contributed by atoms with van der Waals surface area (Å²) in [6.45, 7) is 4.65. The topological polar surface area (TPSA) is 78.3 Å². The predicted molar refractivity (Wildman–Crippen MR) is 139 cm³/mol. The zero-order chi connectivity index (χ0) is 25.2. The monoisotopic (exact) mass is 510 g/mol. The first kappa shape index (κ1) is 25.8. The number of nitrogens with zero attached hydrogens (tertiary/aromatic N) is 3. The van der Waals surface area contributed by atoms with E-state index >= 15 is 0 Å². The molecule has 1 aromatic heterocycles. The number of carbonyl (C=O) groups is 2. The number of ether oxygens (including phenoxy) is 1. The summed E-state index contributed by atoms with van der Waals surface area (Å²) < 4.78 is 10.9. The minimum atomic E-state index is -0.350. The third kappa shape index (κ3) is 7.84. The predicted octanol–water partition coefficient (Wildman–Crippen LogP) is 4.33. The zero-order valence-electron chi connectivity index (χ0n) is 20.1. The number of furan rings is 1. The van der Waals surface area contributed by atoms with Gasteiger partial charge in [0.2, 0.25) is 5.91 Å². The molecular weight excluding hydrogens is 480 g/mol. The lowest BCUT2D eigenvalue weighted by Gasteiger charge is -2.31. The Morgan fingerprint density at radius 2 is 1.75 bits per heavy atom. The van der Waals surface area contributed by atoms with Crippen molar-refractivity contribution in [1.29, 1.82) is 0 Å². The molecule has 1 fully saturated rings. The molecule has 1 aliphatic rings. The lowest BCUT2D eigenvalue weighted by molar-refractivity contribution is -0.133. The second-order valence-corrected chi connectivity index (χ2v) is 9.07. The van der Waals surface area contributed by atoms with Gasteiger partial charge < -0.3 is 24.3 Å². The molecule has 3 aromatic rings. The molecule has 0 saturated carbocycles. The van der Waals surface area contributed by atoms with E-state index < -0.39 is 0 Å². The van der Waals surface area contributed by atoms with E-state index in [0.717, 1.165) is 18.7 Å². The molecule has 0 bridgehead atoms. The first-order valence-electron chi connectivity index (χ1n) is 12.0. The fraction of sp³-hybridized carbons (Fsp3) is 0.333. The van der Waals surface area contributed by atoms with Crippen molar-refractivity contribution in [1.82, 2.24) is 14.7 Å². The number of hydrogen-bond donors (Lipinski definition) is 1. The Morgan fingerprint density at radius 3 is 2.47 bits per heavy atom. The average molecular weight is 511 g/mol. The second-order valence-electron chi connectivity index (χ2n) is 8.63. The summed E-state index contributed by atoms with van der Waals surface area (Å²) in [4.78, 5) is 32.3. The van der Waals surface area contributed by atoms with Crippen LogP contribution in [0.4, 0.5) is 10.5 Å². The van der Waals surface area contributed by atoms with Gasteiger partial charge in [-0.15, -0.1) is 0 Å². The van der Waals surface area contributed by atoms with Gasteiger partial charge in [-0.2, -0.15) is 0 Å². The van der Waals surface area contributed by atoms with Gasteiger partial charge in [-0.3, -0.25) is 9.69 Å². The van der Waals surface area contributed by atoms with Crippen LogP contribution in [0.1, 0.15) is 11.3 Å². The standard InChI is InChI=1S/C27H31ClN4O4/c28-23-8-4-9-24(18-23)29-27(34)31(12-11-30-13-16-35-17-14-30)21-26(33)32(20-25-10-5-15-36-25)19-22-6-2-1-3-7-22/h1-10,15,18H,11-14,16-17,19-21H2,(H,29,34). The molecular formula is C27H31ClN4O4. The fourth-order valence-corrected chi connectivity index (χ4v) is 4.19. The number of carbonyl (C=O) groups excluding carboxylic acids is 2. The highest BCUT2D eigenvalue weighted by molar-refractivity contribution is 6.30. The van der Waals surface area contributed by atoms with Crippen molar-refractivity contribution in [3.63, 3.8) is 0 Å². The zero-order valence-corrected chi connectivity index (χ0v) is 20.9. The molecule has 8 nitrogen and oxygen atoms in total. The Morgan fingerprint density at radius 1 is 0.944 bits per heavy atom. The Hall–Kier alpha value is -3.33. The Labute approximate surface area is 216 Å². The number of benzene rings is 2. The molecule has 1 saturated heterocycles. The van der Waals surface area contributed by atoms with Gasteiger partial charge in [-0.1, -0.05) is 48.0 Å². The number of halogens is 1. The van der Waals surface area contributed by atoms with E-state index in [2.05, 4.69) is 10.2 Å². The maximum absolute atomic E-state index is 13.6. The lowest BCUT2D eigenvalue weighted by atomic mass is 10.2. The normalized spacial score (nSPS) is 13.8. The van der Waals surface area contributed by atoms with Crippen molar-refractivity contribution >= 4 is 29.2 Å². The van der Waals surface area contributed by atoms with E-state index in [1.54, 1.807) is 46.4 Å². The largest absolute Gasteiger partial charge is 0.467 e. The number of hydrogen-bond acceptors (Lipinski definition) is 5. The minimum absolute atomic E-state index is 0.0652. The van der Waals surface area contributed by atoms with Crippen LogP contribution in [0.15, 0.2) is 77.4 Å². The smallest absolute Gasteiger partial charge is 0.322 e. The molecule has 0 atom stereocenters. The highest BCUT2D eigenvalue weighted by Gasteiger charge is 2.24. The number of amides is 3. The molecule has 36 heavy (non-hydrogen) atoms. The number of rotatable bonds is 10. The molecule has 0 aliphatic carbocycles. The van der Waals surface area contributed by atoms with Gasteiger partial charge in [0, 0.05) is 43.4 Å². The van der Waals surface area contributed by atoms with E-state index in [-0.39, 0.29) is 18.5 Å². The van der Waals surface area contributed by atoms with Crippen LogP contribution < -0.4 is 5.32 Å². The van der Waals surface area contributed by atoms with Crippen molar-refractivity contribution in [2.24, 2.45) is 0 Å². The maximum atomic E-state index is 13.6. The summed E-state index contributed by atoms with van der Waals surface area (Å²) in [5.41, 5.74) is 1.58. The average Bonchev–Trinajstić information content (AvgIpc) is 3.40. The highest BCUT2D eigenvalue weighted by Crippen LogP contribution is 2.16. The number of anilines is 1. The fourth-order valence-electron chi connectivity index (χ4n) is 4.00. The van der Waals surface area contributed by atoms with Crippen molar-refractivity contribution in [3.05, 3.63) is 89.3 Å². The van der Waals surface area contributed by atoms with Crippen LogP contribution in [0.5, 0.6) is 0 Å².